The van der Waals surface area contributed by atoms with Crippen LogP contribution in [0.5, 0.6) is 0 Å². The van der Waals surface area contributed by atoms with Gasteiger partial charge in [-0.2, -0.15) is 0 Å². The van der Waals surface area contributed by atoms with E-state index in [9.17, 15) is 4.79 Å². The second kappa shape index (κ2) is 6.72. The Balaban J connectivity index is 2.04. The molecule has 0 aliphatic carbocycles. The lowest BCUT2D eigenvalue weighted by Gasteiger charge is -1.99. The summed E-state index contributed by atoms with van der Waals surface area (Å²) in [5.41, 5.74) is 6.92. The second-order valence-electron chi connectivity index (χ2n) is 5.39. The third kappa shape index (κ3) is 3.26. The van der Waals surface area contributed by atoms with E-state index < -0.39 is 5.63 Å². The number of nitrogen functional groups attached to an aromatic ring is 1. The molecule has 2 N–H and O–H groups in total. The van der Waals surface area contributed by atoms with Crippen LogP contribution in [-0.2, 0) is 6.42 Å². The minimum Gasteiger partial charge on any atom is -0.403 e. The number of thiophene rings is 1. The number of hydrogen-bond acceptors (Lipinski definition) is 5. The standard InChI is InChI=1S/C17H17ClN2O2S/c1-2-3-4-5-12-14(19)13-16(23-12)20-15(22-17(13)21)10-6-8-11(18)9-7-10/h6-9H,2-5,19H2,1H3. The van der Waals surface area contributed by atoms with Crippen molar-refractivity contribution in [1.29, 1.82) is 0 Å². The zero-order valence-electron chi connectivity index (χ0n) is 12.8. The first-order chi connectivity index (χ1) is 11.1. The molecule has 120 valence electrons. The maximum absolute atomic E-state index is 12.3. The zero-order chi connectivity index (χ0) is 16.4. The quantitative estimate of drug-likeness (QED) is 0.667. The van der Waals surface area contributed by atoms with Crippen LogP contribution in [-0.4, -0.2) is 4.98 Å². The summed E-state index contributed by atoms with van der Waals surface area (Å²) in [7, 11) is 0. The van der Waals surface area contributed by atoms with Crippen LogP contribution in [0.4, 0.5) is 5.69 Å². The number of hydrogen-bond donors (Lipinski definition) is 1. The van der Waals surface area contributed by atoms with E-state index in [0.717, 1.165) is 30.6 Å². The molecule has 3 rings (SSSR count). The maximum Gasteiger partial charge on any atom is 0.350 e. The van der Waals surface area contributed by atoms with Gasteiger partial charge < -0.3 is 10.2 Å². The third-order valence-electron chi connectivity index (χ3n) is 3.70. The number of aryl methyl sites for hydroxylation is 1. The highest BCUT2D eigenvalue weighted by molar-refractivity contribution is 7.19. The van der Waals surface area contributed by atoms with Crippen molar-refractivity contribution >= 4 is 38.8 Å². The van der Waals surface area contributed by atoms with Gasteiger partial charge in [0.25, 0.3) is 0 Å². The van der Waals surface area contributed by atoms with E-state index in [1.165, 1.54) is 11.3 Å². The molecule has 1 aromatic carbocycles. The summed E-state index contributed by atoms with van der Waals surface area (Å²) < 4.78 is 5.35. The van der Waals surface area contributed by atoms with Gasteiger partial charge in [0.15, 0.2) is 0 Å². The van der Waals surface area contributed by atoms with Gasteiger partial charge in [-0.1, -0.05) is 31.4 Å². The number of benzene rings is 1. The summed E-state index contributed by atoms with van der Waals surface area (Å²) in [5, 5.41) is 1.02. The topological polar surface area (TPSA) is 69.1 Å². The van der Waals surface area contributed by atoms with Crippen molar-refractivity contribution in [2.45, 2.75) is 32.6 Å². The molecule has 6 heteroatoms. The van der Waals surface area contributed by atoms with Gasteiger partial charge in [-0.05, 0) is 37.1 Å². The first kappa shape index (κ1) is 16.0. The summed E-state index contributed by atoms with van der Waals surface area (Å²) in [5.74, 6) is 0.292. The fourth-order valence-electron chi connectivity index (χ4n) is 2.44. The molecule has 0 amide bonds. The molecule has 0 fully saturated rings. The lowest BCUT2D eigenvalue weighted by atomic mass is 10.1. The Morgan fingerprint density at radius 1 is 1.26 bits per heavy atom. The lowest BCUT2D eigenvalue weighted by molar-refractivity contribution is 0.519. The SMILES string of the molecule is CCCCCc1sc2nc(-c3ccc(Cl)cc3)oc(=O)c2c1N. The highest BCUT2D eigenvalue weighted by Crippen LogP contribution is 2.33. The van der Waals surface area contributed by atoms with E-state index in [0.29, 0.717) is 32.4 Å². The minimum absolute atomic E-state index is 0.292. The number of fused-ring (bicyclic) bond motifs is 1. The molecule has 0 aliphatic heterocycles. The van der Waals surface area contributed by atoms with Crippen LogP contribution in [0.3, 0.4) is 0 Å². The van der Waals surface area contributed by atoms with E-state index in [1.54, 1.807) is 24.3 Å². The number of anilines is 1. The van der Waals surface area contributed by atoms with E-state index in [4.69, 9.17) is 21.8 Å². The predicted octanol–water partition coefficient (Wildman–Crippen LogP) is 4.88. The van der Waals surface area contributed by atoms with Crippen molar-refractivity contribution in [3.8, 4) is 11.5 Å². The maximum atomic E-state index is 12.3. The molecule has 2 aromatic heterocycles. The highest BCUT2D eigenvalue weighted by atomic mass is 35.5. The van der Waals surface area contributed by atoms with Crippen LogP contribution >= 0.6 is 22.9 Å². The van der Waals surface area contributed by atoms with Crippen molar-refractivity contribution in [1.82, 2.24) is 4.98 Å². The average Bonchev–Trinajstić information content (AvgIpc) is 2.85. The number of nitrogens with zero attached hydrogens (tertiary/aromatic N) is 1. The van der Waals surface area contributed by atoms with Crippen LogP contribution in [0, 0.1) is 0 Å². The Hall–Kier alpha value is -1.85. The normalized spacial score (nSPS) is 11.2. The zero-order valence-corrected chi connectivity index (χ0v) is 14.3. The van der Waals surface area contributed by atoms with E-state index in [-0.39, 0.29) is 0 Å². The Kier molecular flexibility index (Phi) is 4.68. The Labute approximate surface area is 142 Å². The summed E-state index contributed by atoms with van der Waals surface area (Å²) in [6.07, 6.45) is 4.22. The number of nitrogens with two attached hydrogens (primary N) is 1. The fourth-order valence-corrected chi connectivity index (χ4v) is 3.69. The molecule has 0 saturated heterocycles. The molecule has 0 unspecified atom stereocenters. The first-order valence-electron chi connectivity index (χ1n) is 7.58. The molecule has 4 nitrogen and oxygen atoms in total. The number of halogens is 1. The van der Waals surface area contributed by atoms with Crippen LogP contribution in [0.1, 0.15) is 31.1 Å². The van der Waals surface area contributed by atoms with Crippen molar-refractivity contribution in [3.63, 3.8) is 0 Å². The number of aromatic nitrogens is 1. The monoisotopic (exact) mass is 348 g/mol. The van der Waals surface area contributed by atoms with Crippen molar-refractivity contribution in [2.24, 2.45) is 0 Å². The molecule has 0 radical (unpaired) electrons. The first-order valence-corrected chi connectivity index (χ1v) is 8.77. The second-order valence-corrected chi connectivity index (χ2v) is 6.91. The molecule has 0 spiro atoms. The van der Waals surface area contributed by atoms with Crippen LogP contribution in [0.25, 0.3) is 21.7 Å². The van der Waals surface area contributed by atoms with Crippen molar-refractivity contribution < 1.29 is 4.42 Å². The molecule has 0 atom stereocenters. The smallest absolute Gasteiger partial charge is 0.350 e. The molecule has 0 bridgehead atoms. The van der Waals surface area contributed by atoms with Gasteiger partial charge in [-0.15, -0.1) is 11.3 Å². The Morgan fingerprint density at radius 3 is 2.70 bits per heavy atom. The van der Waals surface area contributed by atoms with Crippen LogP contribution in [0.15, 0.2) is 33.5 Å². The third-order valence-corrected chi connectivity index (χ3v) is 5.11. The Morgan fingerprint density at radius 2 is 2.00 bits per heavy atom. The fraction of sp³-hybridized carbons (Fsp3) is 0.294. The molecule has 0 saturated carbocycles. The summed E-state index contributed by atoms with van der Waals surface area (Å²) in [6, 6.07) is 7.03. The number of rotatable bonds is 5. The van der Waals surface area contributed by atoms with Gasteiger partial charge >= 0.3 is 5.63 Å². The number of unbranched alkanes of at least 4 members (excludes halogenated alkanes) is 2. The molecular formula is C17H17ClN2O2S. The van der Waals surface area contributed by atoms with Gasteiger partial charge in [0.2, 0.25) is 5.89 Å². The minimum atomic E-state index is -0.435. The van der Waals surface area contributed by atoms with E-state index in [2.05, 4.69) is 11.9 Å². The van der Waals surface area contributed by atoms with Crippen LogP contribution in [0.2, 0.25) is 5.02 Å². The summed E-state index contributed by atoms with van der Waals surface area (Å²) in [6.45, 7) is 2.16. The largest absolute Gasteiger partial charge is 0.403 e. The van der Waals surface area contributed by atoms with Gasteiger partial charge in [0, 0.05) is 15.5 Å². The van der Waals surface area contributed by atoms with Gasteiger partial charge in [-0.3, -0.25) is 0 Å². The highest BCUT2D eigenvalue weighted by Gasteiger charge is 2.17. The Bertz CT molecular complexity index is 884. The summed E-state index contributed by atoms with van der Waals surface area (Å²) in [4.78, 5) is 18.4. The van der Waals surface area contributed by atoms with Crippen molar-refractivity contribution in [2.75, 3.05) is 5.73 Å². The van der Waals surface area contributed by atoms with E-state index in [1.807, 2.05) is 0 Å². The van der Waals surface area contributed by atoms with Gasteiger partial charge in [-0.25, -0.2) is 9.78 Å². The lowest BCUT2D eigenvalue weighted by Crippen LogP contribution is -2.03. The molecule has 2 heterocycles. The van der Waals surface area contributed by atoms with Crippen molar-refractivity contribution in [3.05, 3.63) is 44.6 Å². The van der Waals surface area contributed by atoms with E-state index >= 15 is 0 Å². The molecular weight excluding hydrogens is 332 g/mol. The van der Waals surface area contributed by atoms with Gasteiger partial charge in [0.05, 0.1) is 5.69 Å². The summed E-state index contributed by atoms with van der Waals surface area (Å²) >= 11 is 7.36. The van der Waals surface area contributed by atoms with Gasteiger partial charge in [0.1, 0.15) is 10.2 Å². The predicted molar refractivity (Wildman–Crippen MR) is 96.2 cm³/mol. The molecule has 23 heavy (non-hydrogen) atoms. The molecule has 0 aliphatic rings. The molecule has 3 aromatic rings. The average molecular weight is 349 g/mol. The van der Waals surface area contributed by atoms with Crippen LogP contribution < -0.4 is 11.4 Å².